The van der Waals surface area contributed by atoms with Gasteiger partial charge in [0.15, 0.2) is 0 Å². The molecule has 0 aromatic carbocycles. The Morgan fingerprint density at radius 2 is 2.06 bits per heavy atom. The van der Waals surface area contributed by atoms with Gasteiger partial charge in [-0.05, 0) is 32.1 Å². The van der Waals surface area contributed by atoms with Gasteiger partial charge in [0.05, 0.1) is 5.54 Å². The van der Waals surface area contributed by atoms with Gasteiger partial charge in [0, 0.05) is 13.0 Å². The van der Waals surface area contributed by atoms with E-state index in [1.807, 2.05) is 0 Å². The molecule has 0 heterocycles. The van der Waals surface area contributed by atoms with Gasteiger partial charge >= 0.3 is 0 Å². The first-order valence-electron chi connectivity index (χ1n) is 6.13. The van der Waals surface area contributed by atoms with E-state index in [2.05, 4.69) is 19.2 Å². The molecule has 1 aliphatic rings. The number of nitrogens with two attached hydrogens (primary N) is 1. The van der Waals surface area contributed by atoms with Crippen LogP contribution in [-0.4, -0.2) is 18.0 Å². The van der Waals surface area contributed by atoms with Crippen molar-refractivity contribution in [3.8, 4) is 0 Å². The average molecular weight is 249 g/mol. The molecule has 1 fully saturated rings. The summed E-state index contributed by atoms with van der Waals surface area (Å²) < 4.78 is 0. The van der Waals surface area contributed by atoms with Crippen LogP contribution in [0.3, 0.4) is 0 Å². The molecule has 0 aromatic rings. The molecule has 1 saturated carbocycles. The monoisotopic (exact) mass is 248 g/mol. The fourth-order valence-electron chi connectivity index (χ4n) is 1.96. The van der Waals surface area contributed by atoms with E-state index in [0.29, 0.717) is 18.9 Å². The van der Waals surface area contributed by atoms with E-state index in [9.17, 15) is 4.79 Å². The number of unbranched alkanes of at least 4 members (excludes halogenated alkanes) is 2. The molecule has 16 heavy (non-hydrogen) atoms. The van der Waals surface area contributed by atoms with Gasteiger partial charge in [-0.3, -0.25) is 4.79 Å². The topological polar surface area (TPSA) is 55.1 Å². The molecular formula is C12H25ClN2O. The molecule has 96 valence electrons. The van der Waals surface area contributed by atoms with Gasteiger partial charge in [0.2, 0.25) is 5.91 Å². The van der Waals surface area contributed by atoms with Crippen LogP contribution in [0.2, 0.25) is 0 Å². The predicted octanol–water partition coefficient (Wildman–Crippen LogP) is 2.23. The lowest BCUT2D eigenvalue weighted by Gasteiger charge is -2.29. The minimum atomic E-state index is -0.150. The van der Waals surface area contributed by atoms with E-state index in [0.717, 1.165) is 19.3 Å². The van der Waals surface area contributed by atoms with Crippen molar-refractivity contribution in [3.63, 3.8) is 0 Å². The molecule has 3 nitrogen and oxygen atoms in total. The largest absolute Gasteiger partial charge is 0.349 e. The Morgan fingerprint density at radius 1 is 1.44 bits per heavy atom. The van der Waals surface area contributed by atoms with Gasteiger partial charge in [-0.1, -0.05) is 19.8 Å². The Bertz CT molecular complexity index is 219. The Balaban J connectivity index is 0.00000225. The molecule has 0 bridgehead atoms. The first kappa shape index (κ1) is 15.7. The van der Waals surface area contributed by atoms with Crippen LogP contribution in [-0.2, 0) is 4.79 Å². The van der Waals surface area contributed by atoms with Crippen molar-refractivity contribution in [1.29, 1.82) is 0 Å². The fourth-order valence-corrected chi connectivity index (χ4v) is 1.96. The number of carbonyl (C=O) groups excluding carboxylic acids is 1. The van der Waals surface area contributed by atoms with Crippen molar-refractivity contribution in [2.75, 3.05) is 6.54 Å². The van der Waals surface area contributed by atoms with E-state index in [4.69, 9.17) is 5.73 Å². The van der Waals surface area contributed by atoms with Crippen molar-refractivity contribution < 1.29 is 4.79 Å². The van der Waals surface area contributed by atoms with Crippen LogP contribution in [0.15, 0.2) is 0 Å². The van der Waals surface area contributed by atoms with E-state index in [1.54, 1.807) is 0 Å². The highest BCUT2D eigenvalue weighted by molar-refractivity contribution is 5.85. The summed E-state index contributed by atoms with van der Waals surface area (Å²) in [6.07, 6.45) is 6.36. The summed E-state index contributed by atoms with van der Waals surface area (Å²) in [5.41, 5.74) is 5.59. The molecule has 1 unspecified atom stereocenters. The second kappa shape index (κ2) is 7.13. The molecule has 1 atom stereocenters. The molecule has 0 spiro atoms. The van der Waals surface area contributed by atoms with Gasteiger partial charge in [-0.15, -0.1) is 12.4 Å². The van der Waals surface area contributed by atoms with Crippen LogP contribution in [0.1, 0.15) is 52.4 Å². The van der Waals surface area contributed by atoms with Crippen molar-refractivity contribution in [2.24, 2.45) is 11.7 Å². The number of carbonyl (C=O) groups is 1. The summed E-state index contributed by atoms with van der Waals surface area (Å²) in [6.45, 7) is 4.77. The number of halogens is 1. The predicted molar refractivity (Wildman–Crippen MR) is 69.7 cm³/mol. The van der Waals surface area contributed by atoms with Gasteiger partial charge in [-0.25, -0.2) is 0 Å². The van der Waals surface area contributed by atoms with E-state index in [-0.39, 0.29) is 23.9 Å². The van der Waals surface area contributed by atoms with Crippen molar-refractivity contribution >= 4 is 18.3 Å². The van der Waals surface area contributed by atoms with Crippen LogP contribution >= 0.6 is 12.4 Å². The Morgan fingerprint density at radius 3 is 2.50 bits per heavy atom. The normalized spacial score (nSPS) is 18.4. The van der Waals surface area contributed by atoms with Crippen molar-refractivity contribution in [2.45, 2.75) is 57.9 Å². The Hall–Kier alpha value is -0.280. The minimum Gasteiger partial charge on any atom is -0.349 e. The highest BCUT2D eigenvalue weighted by Gasteiger charge is 2.41. The maximum Gasteiger partial charge on any atom is 0.220 e. The highest BCUT2D eigenvalue weighted by Crippen LogP contribution is 2.38. The average Bonchev–Trinajstić information content (AvgIpc) is 3.01. The number of amides is 1. The fraction of sp³-hybridized carbons (Fsp3) is 0.917. The summed E-state index contributed by atoms with van der Waals surface area (Å²) >= 11 is 0. The van der Waals surface area contributed by atoms with Crippen LogP contribution in [0.4, 0.5) is 0 Å². The Labute approximate surface area is 105 Å². The number of hydrogen-bond acceptors (Lipinski definition) is 2. The van der Waals surface area contributed by atoms with Crippen LogP contribution in [0.5, 0.6) is 0 Å². The Kier molecular flexibility index (Phi) is 7.00. The standard InChI is InChI=1S/C12H24N2O.ClH/c1-3-4-5-6-11(15)14-12(2,9-13)10-7-8-10;/h10H,3-9,13H2,1-2H3,(H,14,15);1H. The van der Waals surface area contributed by atoms with E-state index >= 15 is 0 Å². The molecule has 1 rings (SSSR count). The third-order valence-electron chi connectivity index (χ3n) is 3.33. The second-order valence-corrected chi connectivity index (χ2v) is 4.90. The van der Waals surface area contributed by atoms with Gasteiger partial charge in [-0.2, -0.15) is 0 Å². The zero-order chi connectivity index (χ0) is 11.3. The number of nitrogens with one attached hydrogen (secondary N) is 1. The smallest absolute Gasteiger partial charge is 0.220 e. The quantitative estimate of drug-likeness (QED) is 0.679. The molecular weight excluding hydrogens is 224 g/mol. The maximum atomic E-state index is 11.7. The summed E-state index contributed by atoms with van der Waals surface area (Å²) in [5, 5.41) is 3.10. The summed E-state index contributed by atoms with van der Waals surface area (Å²) in [4.78, 5) is 11.7. The third-order valence-corrected chi connectivity index (χ3v) is 3.33. The zero-order valence-electron chi connectivity index (χ0n) is 10.4. The van der Waals surface area contributed by atoms with E-state index < -0.39 is 0 Å². The zero-order valence-corrected chi connectivity index (χ0v) is 11.2. The first-order valence-corrected chi connectivity index (χ1v) is 6.13. The third kappa shape index (κ3) is 4.71. The molecule has 0 aliphatic heterocycles. The van der Waals surface area contributed by atoms with Crippen LogP contribution in [0, 0.1) is 5.92 Å². The van der Waals surface area contributed by atoms with E-state index in [1.165, 1.54) is 12.8 Å². The highest BCUT2D eigenvalue weighted by atomic mass is 35.5. The number of hydrogen-bond donors (Lipinski definition) is 2. The van der Waals surface area contributed by atoms with Gasteiger partial charge in [0.1, 0.15) is 0 Å². The lowest BCUT2D eigenvalue weighted by molar-refractivity contribution is -0.123. The van der Waals surface area contributed by atoms with Gasteiger partial charge in [0.25, 0.3) is 0 Å². The number of rotatable bonds is 7. The lowest BCUT2D eigenvalue weighted by atomic mass is 9.95. The molecule has 1 amide bonds. The second-order valence-electron chi connectivity index (χ2n) is 4.90. The van der Waals surface area contributed by atoms with Crippen molar-refractivity contribution in [3.05, 3.63) is 0 Å². The lowest BCUT2D eigenvalue weighted by Crippen LogP contribution is -2.53. The summed E-state index contributed by atoms with van der Waals surface area (Å²) in [7, 11) is 0. The van der Waals surface area contributed by atoms with Crippen molar-refractivity contribution in [1.82, 2.24) is 5.32 Å². The first-order chi connectivity index (χ1) is 7.12. The maximum absolute atomic E-state index is 11.7. The van der Waals surface area contributed by atoms with Crippen LogP contribution < -0.4 is 11.1 Å². The molecule has 4 heteroatoms. The molecule has 0 radical (unpaired) electrons. The molecule has 0 saturated heterocycles. The van der Waals surface area contributed by atoms with Crippen LogP contribution in [0.25, 0.3) is 0 Å². The molecule has 3 N–H and O–H groups in total. The summed E-state index contributed by atoms with van der Waals surface area (Å²) in [6, 6.07) is 0. The van der Waals surface area contributed by atoms with Gasteiger partial charge < -0.3 is 11.1 Å². The molecule has 1 aliphatic carbocycles. The minimum absolute atomic E-state index is 0. The SMILES string of the molecule is CCCCCC(=O)NC(C)(CN)C1CC1.Cl. The molecule has 0 aromatic heterocycles. The summed E-state index contributed by atoms with van der Waals surface area (Å²) in [5.74, 6) is 0.779.